The molecule has 1 aliphatic heterocycles. The largest absolute Gasteiger partial charge is 0.508 e. The van der Waals surface area contributed by atoms with Gasteiger partial charge in [-0.25, -0.2) is 0 Å². The van der Waals surface area contributed by atoms with Gasteiger partial charge >= 0.3 is 0 Å². The molecule has 3 rings (SSSR count). The molecule has 116 valence electrons. The number of hydrogen-bond acceptors (Lipinski definition) is 4. The van der Waals surface area contributed by atoms with E-state index in [1.807, 2.05) is 12.1 Å². The molecule has 0 bridgehead atoms. The summed E-state index contributed by atoms with van der Waals surface area (Å²) in [4.78, 5) is 12.6. The average Bonchev–Trinajstić information content (AvgIpc) is 2.51. The van der Waals surface area contributed by atoms with Gasteiger partial charge in [0.1, 0.15) is 11.5 Å². The zero-order chi connectivity index (χ0) is 16.2. The van der Waals surface area contributed by atoms with E-state index < -0.39 is 0 Å². The highest BCUT2D eigenvalue weighted by Crippen LogP contribution is 2.20. The van der Waals surface area contributed by atoms with Gasteiger partial charge < -0.3 is 15.5 Å². The minimum Gasteiger partial charge on any atom is -0.508 e. The first-order valence-electron chi connectivity index (χ1n) is 7.36. The first kappa shape index (κ1) is 15.1. The van der Waals surface area contributed by atoms with Crippen molar-refractivity contribution in [3.63, 3.8) is 0 Å². The van der Waals surface area contributed by atoms with Crippen molar-refractivity contribution in [2.24, 2.45) is 0 Å². The summed E-state index contributed by atoms with van der Waals surface area (Å²) in [7, 11) is 0. The highest BCUT2D eigenvalue weighted by Gasteiger charge is 2.20. The minimum atomic E-state index is -0.0181. The SMILES string of the molecule is O=C1/C(=C/c2cccc(O)c2)CNC/C1=C\c1cccc(O)c1. The predicted molar refractivity (Wildman–Crippen MR) is 90.0 cm³/mol. The molecule has 1 saturated heterocycles. The van der Waals surface area contributed by atoms with Crippen molar-refractivity contribution in [2.75, 3.05) is 13.1 Å². The summed E-state index contributed by atoms with van der Waals surface area (Å²) in [6.07, 6.45) is 3.56. The van der Waals surface area contributed by atoms with Crippen LogP contribution in [0.3, 0.4) is 0 Å². The molecule has 3 N–H and O–H groups in total. The Morgan fingerprint density at radius 2 is 1.30 bits per heavy atom. The maximum Gasteiger partial charge on any atom is 0.187 e. The maximum atomic E-state index is 12.6. The number of benzene rings is 2. The second-order valence-electron chi connectivity index (χ2n) is 5.46. The van der Waals surface area contributed by atoms with Gasteiger partial charge in [-0.05, 0) is 47.5 Å². The van der Waals surface area contributed by atoms with E-state index >= 15 is 0 Å². The minimum absolute atomic E-state index is 0.0181. The third-order valence-electron chi connectivity index (χ3n) is 3.64. The second kappa shape index (κ2) is 6.50. The Bertz CT molecular complexity index is 740. The first-order valence-corrected chi connectivity index (χ1v) is 7.36. The molecule has 0 aromatic heterocycles. The number of ketones is 1. The van der Waals surface area contributed by atoms with Crippen LogP contribution in [0.25, 0.3) is 12.2 Å². The maximum absolute atomic E-state index is 12.6. The number of nitrogens with one attached hydrogen (secondary N) is 1. The van der Waals surface area contributed by atoms with E-state index in [1.165, 1.54) is 0 Å². The molecule has 0 saturated carbocycles. The van der Waals surface area contributed by atoms with Crippen molar-refractivity contribution in [3.05, 3.63) is 70.8 Å². The van der Waals surface area contributed by atoms with E-state index in [9.17, 15) is 15.0 Å². The summed E-state index contributed by atoms with van der Waals surface area (Å²) in [5.41, 5.74) is 2.86. The Balaban J connectivity index is 1.89. The summed E-state index contributed by atoms with van der Waals surface area (Å²) >= 11 is 0. The van der Waals surface area contributed by atoms with Crippen LogP contribution < -0.4 is 5.32 Å². The van der Waals surface area contributed by atoms with Gasteiger partial charge in [-0.3, -0.25) is 4.79 Å². The Morgan fingerprint density at radius 1 is 0.826 bits per heavy atom. The molecule has 23 heavy (non-hydrogen) atoms. The molecular formula is C19H17NO3. The monoisotopic (exact) mass is 307 g/mol. The Kier molecular flexibility index (Phi) is 4.26. The Morgan fingerprint density at radius 3 is 1.74 bits per heavy atom. The topological polar surface area (TPSA) is 69.6 Å². The van der Waals surface area contributed by atoms with E-state index in [0.29, 0.717) is 24.2 Å². The fourth-order valence-electron chi connectivity index (χ4n) is 2.56. The van der Waals surface area contributed by atoms with E-state index in [4.69, 9.17) is 0 Å². The average molecular weight is 307 g/mol. The smallest absolute Gasteiger partial charge is 0.187 e. The molecule has 2 aromatic rings. The number of carbonyl (C=O) groups excluding carboxylic acids is 1. The van der Waals surface area contributed by atoms with Gasteiger partial charge in [0, 0.05) is 24.2 Å². The summed E-state index contributed by atoms with van der Waals surface area (Å²) in [6, 6.07) is 13.6. The number of rotatable bonds is 2. The normalized spacial score (nSPS) is 18.5. The Hall–Kier alpha value is -2.85. The van der Waals surface area contributed by atoms with Crippen LogP contribution in [0.15, 0.2) is 59.7 Å². The molecule has 0 aliphatic carbocycles. The van der Waals surface area contributed by atoms with Crippen molar-refractivity contribution in [1.82, 2.24) is 5.32 Å². The molecule has 1 aliphatic rings. The fourth-order valence-corrected chi connectivity index (χ4v) is 2.56. The molecule has 4 nitrogen and oxygen atoms in total. The van der Waals surface area contributed by atoms with E-state index in [0.717, 1.165) is 11.1 Å². The van der Waals surface area contributed by atoms with Gasteiger partial charge in [0.25, 0.3) is 0 Å². The van der Waals surface area contributed by atoms with Crippen LogP contribution in [-0.2, 0) is 4.79 Å². The number of phenolic OH excluding ortho intramolecular Hbond substituents is 2. The molecule has 1 fully saturated rings. The standard InChI is InChI=1S/C19H17NO3/c21-17-5-1-3-13(9-17)7-15-11-20-12-16(19(15)23)8-14-4-2-6-18(22)10-14/h1-10,20-22H,11-12H2/b15-7+,16-8+. The molecule has 0 spiro atoms. The lowest BCUT2D eigenvalue weighted by Crippen LogP contribution is -2.32. The molecule has 0 atom stereocenters. The molecular weight excluding hydrogens is 290 g/mol. The molecule has 0 radical (unpaired) electrons. The zero-order valence-corrected chi connectivity index (χ0v) is 12.5. The quantitative estimate of drug-likeness (QED) is 0.746. The lowest BCUT2D eigenvalue weighted by molar-refractivity contribution is -0.112. The van der Waals surface area contributed by atoms with Crippen LogP contribution >= 0.6 is 0 Å². The predicted octanol–water partition coefficient (Wildman–Crippen LogP) is 2.74. The fraction of sp³-hybridized carbons (Fsp3) is 0.105. The van der Waals surface area contributed by atoms with Crippen LogP contribution in [0.4, 0.5) is 0 Å². The molecule has 0 amide bonds. The first-order chi connectivity index (χ1) is 11.1. The molecule has 1 heterocycles. The van der Waals surface area contributed by atoms with Gasteiger partial charge in [-0.1, -0.05) is 24.3 Å². The highest BCUT2D eigenvalue weighted by atomic mass is 16.3. The van der Waals surface area contributed by atoms with Gasteiger partial charge in [0.15, 0.2) is 5.78 Å². The zero-order valence-electron chi connectivity index (χ0n) is 12.5. The van der Waals surface area contributed by atoms with Crippen molar-refractivity contribution in [2.45, 2.75) is 0 Å². The lowest BCUT2D eigenvalue weighted by atomic mass is 9.95. The Labute approximate surface area is 134 Å². The van der Waals surface area contributed by atoms with Crippen LogP contribution in [-0.4, -0.2) is 29.1 Å². The number of Topliss-reactive ketones (excluding diaryl/α,β-unsaturated/α-hetero) is 1. The molecule has 4 heteroatoms. The lowest BCUT2D eigenvalue weighted by Gasteiger charge is -2.18. The van der Waals surface area contributed by atoms with Gasteiger partial charge in [-0.15, -0.1) is 0 Å². The van der Waals surface area contributed by atoms with Crippen molar-refractivity contribution in [3.8, 4) is 11.5 Å². The second-order valence-corrected chi connectivity index (χ2v) is 5.46. The number of hydrogen-bond donors (Lipinski definition) is 3. The highest BCUT2D eigenvalue weighted by molar-refractivity contribution is 6.14. The third kappa shape index (κ3) is 3.67. The van der Waals surface area contributed by atoms with Crippen LogP contribution in [0.5, 0.6) is 11.5 Å². The number of piperidine rings is 1. The van der Waals surface area contributed by atoms with Crippen LogP contribution in [0, 0.1) is 0 Å². The van der Waals surface area contributed by atoms with Crippen molar-refractivity contribution >= 4 is 17.9 Å². The summed E-state index contributed by atoms with van der Waals surface area (Å²) in [5, 5.41) is 22.2. The van der Waals surface area contributed by atoms with Gasteiger partial charge in [0.2, 0.25) is 0 Å². The summed E-state index contributed by atoms with van der Waals surface area (Å²) in [6.45, 7) is 0.984. The molecule has 0 unspecified atom stereocenters. The van der Waals surface area contributed by atoms with Crippen molar-refractivity contribution in [1.29, 1.82) is 0 Å². The summed E-state index contributed by atoms with van der Waals surface area (Å²) in [5.74, 6) is 0.327. The number of aromatic hydroxyl groups is 2. The number of phenols is 2. The van der Waals surface area contributed by atoms with Crippen molar-refractivity contribution < 1.29 is 15.0 Å². The van der Waals surface area contributed by atoms with E-state index in [2.05, 4.69) is 5.32 Å². The molecule has 2 aromatic carbocycles. The van der Waals surface area contributed by atoms with E-state index in [1.54, 1.807) is 48.6 Å². The van der Waals surface area contributed by atoms with E-state index in [-0.39, 0.29) is 17.3 Å². The number of carbonyl (C=O) groups is 1. The van der Waals surface area contributed by atoms with Gasteiger partial charge in [0.05, 0.1) is 0 Å². The van der Waals surface area contributed by atoms with Crippen LogP contribution in [0.2, 0.25) is 0 Å². The van der Waals surface area contributed by atoms with Crippen LogP contribution in [0.1, 0.15) is 11.1 Å². The third-order valence-corrected chi connectivity index (χ3v) is 3.64. The van der Waals surface area contributed by atoms with Gasteiger partial charge in [-0.2, -0.15) is 0 Å². The summed E-state index contributed by atoms with van der Waals surface area (Å²) < 4.78 is 0.